The summed E-state index contributed by atoms with van der Waals surface area (Å²) in [5, 5.41) is 0. The monoisotopic (exact) mass is 1090 g/mol. The van der Waals surface area contributed by atoms with Crippen molar-refractivity contribution in [2.75, 3.05) is 13.2 Å². The molecule has 0 N–H and O–H groups in total. The van der Waals surface area contributed by atoms with Crippen molar-refractivity contribution in [3.8, 4) is 0 Å². The number of hydrogen-bond acceptors (Lipinski definition) is 6. The third kappa shape index (κ3) is 63.7. The highest BCUT2D eigenvalue weighted by Crippen LogP contribution is 2.16. The first-order valence-corrected chi connectivity index (χ1v) is 33.9. The molecule has 6 heteroatoms. The van der Waals surface area contributed by atoms with Gasteiger partial charge in [0.1, 0.15) is 13.2 Å². The van der Waals surface area contributed by atoms with Gasteiger partial charge in [-0.25, -0.2) is 0 Å². The number of esters is 3. The summed E-state index contributed by atoms with van der Waals surface area (Å²) in [6.07, 6.45) is 86.2. The lowest BCUT2D eigenvalue weighted by Crippen LogP contribution is -2.30. The molecule has 0 heterocycles. The van der Waals surface area contributed by atoms with Gasteiger partial charge in [-0.3, -0.25) is 14.4 Å². The number of allylic oxidation sites excluding steroid dienone is 12. The molecule has 0 fully saturated rings. The molecule has 1 unspecified atom stereocenters. The van der Waals surface area contributed by atoms with E-state index in [-0.39, 0.29) is 31.1 Å². The van der Waals surface area contributed by atoms with Crippen LogP contribution >= 0.6 is 0 Å². The predicted octanol–water partition coefficient (Wildman–Crippen LogP) is 23.3. The van der Waals surface area contributed by atoms with Gasteiger partial charge in [-0.05, 0) is 116 Å². The van der Waals surface area contributed by atoms with Gasteiger partial charge >= 0.3 is 17.9 Å². The van der Waals surface area contributed by atoms with E-state index in [1.807, 2.05) is 0 Å². The van der Waals surface area contributed by atoms with Gasteiger partial charge in [0.25, 0.3) is 0 Å². The number of unbranched alkanes of at least 4 members (excludes halogenated alkanes) is 39. The summed E-state index contributed by atoms with van der Waals surface area (Å²) in [7, 11) is 0. The lowest BCUT2D eigenvalue weighted by molar-refractivity contribution is -0.167. The number of carbonyl (C=O) groups is 3. The summed E-state index contributed by atoms with van der Waals surface area (Å²) in [6.45, 7) is 6.64. The van der Waals surface area contributed by atoms with Crippen LogP contribution in [0.25, 0.3) is 0 Å². The summed E-state index contributed by atoms with van der Waals surface area (Å²) >= 11 is 0. The molecule has 0 amide bonds. The SMILES string of the molecule is CCCCCC/C=C\C/C=C\CCCCCCCCCC(=O)OC(COC(=O)CCCCCCCCC/C=C\CCCCCCCC)COC(=O)CCCCCCCCCCCC/C=C\C/C=C\C/C=C\CCCCCCC. The van der Waals surface area contributed by atoms with E-state index in [1.54, 1.807) is 0 Å². The Morgan fingerprint density at radius 3 is 0.744 bits per heavy atom. The van der Waals surface area contributed by atoms with E-state index in [0.29, 0.717) is 19.3 Å². The number of hydrogen-bond donors (Lipinski definition) is 0. The van der Waals surface area contributed by atoms with E-state index >= 15 is 0 Å². The molecule has 0 spiro atoms. The van der Waals surface area contributed by atoms with Gasteiger partial charge in [-0.15, -0.1) is 0 Å². The molecule has 1 atom stereocenters. The average molecular weight is 1090 g/mol. The Bertz CT molecular complexity index is 1440. The molecule has 6 nitrogen and oxygen atoms in total. The molecule has 0 aromatic heterocycles. The highest BCUT2D eigenvalue weighted by molar-refractivity contribution is 5.71. The zero-order chi connectivity index (χ0) is 56.4. The Balaban J connectivity index is 4.35. The molecule has 452 valence electrons. The van der Waals surface area contributed by atoms with Crippen LogP contribution in [0.1, 0.15) is 348 Å². The summed E-state index contributed by atoms with van der Waals surface area (Å²) < 4.78 is 17.0. The molecule has 0 aliphatic carbocycles. The van der Waals surface area contributed by atoms with Crippen LogP contribution in [0.15, 0.2) is 72.9 Å². The van der Waals surface area contributed by atoms with Gasteiger partial charge in [0, 0.05) is 19.3 Å². The maximum atomic E-state index is 12.9. The van der Waals surface area contributed by atoms with Crippen LogP contribution in [0.5, 0.6) is 0 Å². The molecule has 0 aromatic rings. The van der Waals surface area contributed by atoms with Crippen LogP contribution in [-0.4, -0.2) is 37.2 Å². The quantitative estimate of drug-likeness (QED) is 0.0261. The molecular formula is C72H128O6. The van der Waals surface area contributed by atoms with Gasteiger partial charge in [-0.1, -0.05) is 286 Å². The van der Waals surface area contributed by atoms with E-state index in [4.69, 9.17) is 14.2 Å². The molecule has 0 saturated heterocycles. The van der Waals surface area contributed by atoms with Crippen LogP contribution in [0, 0.1) is 0 Å². The maximum absolute atomic E-state index is 12.9. The second-order valence-corrected chi connectivity index (χ2v) is 22.7. The molecule has 0 aliphatic rings. The fourth-order valence-corrected chi connectivity index (χ4v) is 9.77. The molecular weight excluding hydrogens is 961 g/mol. The zero-order valence-corrected chi connectivity index (χ0v) is 51.9. The van der Waals surface area contributed by atoms with Crippen LogP contribution in [0.4, 0.5) is 0 Å². The van der Waals surface area contributed by atoms with Gasteiger partial charge in [0.15, 0.2) is 6.10 Å². The van der Waals surface area contributed by atoms with Crippen molar-refractivity contribution in [3.05, 3.63) is 72.9 Å². The fraction of sp³-hybridized carbons (Fsp3) is 0.792. The maximum Gasteiger partial charge on any atom is 0.306 e. The Hall–Kier alpha value is -3.15. The second-order valence-electron chi connectivity index (χ2n) is 22.7. The highest BCUT2D eigenvalue weighted by atomic mass is 16.6. The lowest BCUT2D eigenvalue weighted by atomic mass is 10.1. The van der Waals surface area contributed by atoms with Crippen LogP contribution in [0.3, 0.4) is 0 Å². The van der Waals surface area contributed by atoms with Crippen LogP contribution in [0.2, 0.25) is 0 Å². The summed E-state index contributed by atoms with van der Waals surface area (Å²) in [4.78, 5) is 38.4. The first-order chi connectivity index (χ1) is 38.5. The van der Waals surface area contributed by atoms with Crippen molar-refractivity contribution in [2.24, 2.45) is 0 Å². The van der Waals surface area contributed by atoms with Crippen molar-refractivity contribution in [1.82, 2.24) is 0 Å². The van der Waals surface area contributed by atoms with Crippen LogP contribution in [-0.2, 0) is 28.6 Å². The minimum atomic E-state index is -0.785. The van der Waals surface area contributed by atoms with E-state index in [1.165, 1.54) is 225 Å². The van der Waals surface area contributed by atoms with Gasteiger partial charge in [0.05, 0.1) is 0 Å². The standard InChI is InChI=1S/C72H128O6/c1-4-7-10-13-16-19-22-25-28-31-33-34-35-36-37-38-39-42-44-47-50-53-56-59-62-65-71(74)77-68-69(67-76-70(73)64-61-58-55-52-49-46-43-40-30-27-24-21-18-15-12-9-6-3)78-72(75)66-63-60-57-54-51-48-45-41-32-29-26-23-20-17-14-11-8-5-2/h20,22-23,25,27,29-33,35-36,69H,4-19,21,24,26,28,34,37-68H2,1-3H3/b23-20-,25-22-,30-27-,32-29-,33-31-,36-35-. The van der Waals surface area contributed by atoms with Gasteiger partial charge < -0.3 is 14.2 Å². The summed E-state index contributed by atoms with van der Waals surface area (Å²) in [5.74, 6) is -0.879. The topological polar surface area (TPSA) is 78.9 Å². The van der Waals surface area contributed by atoms with Gasteiger partial charge in [0.2, 0.25) is 0 Å². The Kier molecular flexibility index (Phi) is 63.7. The fourth-order valence-electron chi connectivity index (χ4n) is 9.77. The van der Waals surface area contributed by atoms with Crippen molar-refractivity contribution in [2.45, 2.75) is 354 Å². The minimum absolute atomic E-state index is 0.0804. The molecule has 0 radical (unpaired) electrons. The van der Waals surface area contributed by atoms with Crippen molar-refractivity contribution >= 4 is 17.9 Å². The number of ether oxygens (including phenoxy) is 3. The molecule has 0 aliphatic heterocycles. The molecule has 0 saturated carbocycles. The first kappa shape index (κ1) is 74.8. The molecule has 78 heavy (non-hydrogen) atoms. The highest BCUT2D eigenvalue weighted by Gasteiger charge is 2.19. The molecule has 0 bridgehead atoms. The number of rotatable bonds is 62. The Labute approximate surface area is 484 Å². The zero-order valence-electron chi connectivity index (χ0n) is 51.9. The van der Waals surface area contributed by atoms with E-state index in [2.05, 4.69) is 93.7 Å². The summed E-state index contributed by atoms with van der Waals surface area (Å²) in [5.41, 5.74) is 0. The lowest BCUT2D eigenvalue weighted by Gasteiger charge is -2.18. The molecule has 0 aromatic carbocycles. The first-order valence-electron chi connectivity index (χ1n) is 33.9. The minimum Gasteiger partial charge on any atom is -0.462 e. The Morgan fingerprint density at radius 1 is 0.256 bits per heavy atom. The van der Waals surface area contributed by atoms with E-state index < -0.39 is 6.10 Å². The average Bonchev–Trinajstić information content (AvgIpc) is 3.44. The summed E-state index contributed by atoms with van der Waals surface area (Å²) in [6, 6.07) is 0. The smallest absolute Gasteiger partial charge is 0.306 e. The third-order valence-electron chi connectivity index (χ3n) is 14.9. The van der Waals surface area contributed by atoms with Crippen molar-refractivity contribution in [1.29, 1.82) is 0 Å². The molecule has 0 rings (SSSR count). The second kappa shape index (κ2) is 66.4. The van der Waals surface area contributed by atoms with Gasteiger partial charge in [-0.2, -0.15) is 0 Å². The van der Waals surface area contributed by atoms with Crippen molar-refractivity contribution < 1.29 is 28.6 Å². The Morgan fingerprint density at radius 2 is 0.462 bits per heavy atom. The third-order valence-corrected chi connectivity index (χ3v) is 14.9. The van der Waals surface area contributed by atoms with E-state index in [0.717, 1.165) is 83.5 Å². The largest absolute Gasteiger partial charge is 0.462 e. The normalized spacial score (nSPS) is 12.5. The van der Waals surface area contributed by atoms with E-state index in [9.17, 15) is 14.4 Å². The van der Waals surface area contributed by atoms with Crippen LogP contribution < -0.4 is 0 Å². The predicted molar refractivity (Wildman–Crippen MR) is 339 cm³/mol. The van der Waals surface area contributed by atoms with Crippen molar-refractivity contribution in [3.63, 3.8) is 0 Å². The number of carbonyl (C=O) groups excluding carboxylic acids is 3.